The van der Waals surface area contributed by atoms with Crippen molar-refractivity contribution in [2.45, 2.75) is 59.0 Å². The van der Waals surface area contributed by atoms with Gasteiger partial charge in [0, 0.05) is 26.1 Å². The van der Waals surface area contributed by atoms with Crippen molar-refractivity contribution in [2.24, 2.45) is 0 Å². The first-order chi connectivity index (χ1) is 11.0. The van der Waals surface area contributed by atoms with Gasteiger partial charge in [0.05, 0.1) is 0 Å². The second-order valence-corrected chi connectivity index (χ2v) is 6.51. The molecule has 1 unspecified atom stereocenters. The number of aryl methyl sites for hydroxylation is 1. The highest BCUT2D eigenvalue weighted by molar-refractivity contribution is 5.84. The third-order valence-corrected chi connectivity index (χ3v) is 4.68. The Labute approximate surface area is 139 Å². The Hall–Kier alpha value is -1.84. The van der Waals surface area contributed by atoms with Crippen LogP contribution in [0.25, 0.3) is 0 Å². The quantitative estimate of drug-likeness (QED) is 0.837. The molecular formula is C19H28N2O2. The van der Waals surface area contributed by atoms with Crippen LogP contribution in [0.5, 0.6) is 0 Å². The highest BCUT2D eigenvalue weighted by Crippen LogP contribution is 2.20. The van der Waals surface area contributed by atoms with Crippen LogP contribution in [-0.4, -0.2) is 40.7 Å². The second-order valence-electron chi connectivity index (χ2n) is 6.51. The molecule has 1 aliphatic heterocycles. The molecule has 4 nitrogen and oxygen atoms in total. The Bertz CT molecular complexity index is 539. The molecule has 0 aliphatic carbocycles. The third-order valence-electron chi connectivity index (χ3n) is 4.68. The van der Waals surface area contributed by atoms with Crippen LogP contribution in [0.15, 0.2) is 24.3 Å². The first kappa shape index (κ1) is 17.5. The van der Waals surface area contributed by atoms with E-state index in [1.165, 1.54) is 18.9 Å². The van der Waals surface area contributed by atoms with Gasteiger partial charge in [-0.25, -0.2) is 0 Å². The molecule has 1 heterocycles. The first-order valence-corrected chi connectivity index (χ1v) is 8.61. The summed E-state index contributed by atoms with van der Waals surface area (Å²) in [7, 11) is 0. The van der Waals surface area contributed by atoms with Gasteiger partial charge in [0.2, 0.25) is 11.8 Å². The van der Waals surface area contributed by atoms with E-state index in [2.05, 4.69) is 6.92 Å². The SMILES string of the molecule is CCC1CCCCN1C(=O)CN(Cc1ccc(C)cc1)C(C)=O. The zero-order chi connectivity index (χ0) is 16.8. The number of rotatable bonds is 5. The molecule has 1 aliphatic rings. The van der Waals surface area contributed by atoms with Crippen molar-refractivity contribution in [2.75, 3.05) is 13.1 Å². The number of carbonyl (C=O) groups excluding carboxylic acids is 2. The van der Waals surface area contributed by atoms with Gasteiger partial charge in [-0.1, -0.05) is 36.8 Å². The number of benzene rings is 1. The highest BCUT2D eigenvalue weighted by Gasteiger charge is 2.27. The number of nitrogens with zero attached hydrogens (tertiary/aromatic N) is 2. The van der Waals surface area contributed by atoms with Crippen molar-refractivity contribution < 1.29 is 9.59 Å². The van der Waals surface area contributed by atoms with Crippen molar-refractivity contribution >= 4 is 11.8 Å². The van der Waals surface area contributed by atoms with E-state index < -0.39 is 0 Å². The number of hydrogen-bond donors (Lipinski definition) is 0. The van der Waals surface area contributed by atoms with Crippen LogP contribution in [0, 0.1) is 6.92 Å². The maximum absolute atomic E-state index is 12.7. The first-order valence-electron chi connectivity index (χ1n) is 8.61. The molecule has 126 valence electrons. The van der Waals surface area contributed by atoms with Gasteiger partial charge in [0.25, 0.3) is 0 Å². The fourth-order valence-corrected chi connectivity index (χ4v) is 3.20. The Morgan fingerprint density at radius 3 is 2.52 bits per heavy atom. The minimum atomic E-state index is -0.0519. The van der Waals surface area contributed by atoms with Gasteiger partial charge in [0.1, 0.15) is 6.54 Å². The Balaban J connectivity index is 2.02. The number of piperidine rings is 1. The fourth-order valence-electron chi connectivity index (χ4n) is 3.20. The Morgan fingerprint density at radius 2 is 1.91 bits per heavy atom. The van der Waals surface area contributed by atoms with Gasteiger partial charge in [-0.05, 0) is 38.2 Å². The molecule has 1 saturated heterocycles. The Kier molecular flexibility index (Phi) is 6.20. The lowest BCUT2D eigenvalue weighted by Gasteiger charge is -2.36. The van der Waals surface area contributed by atoms with Crippen LogP contribution in [0.2, 0.25) is 0 Å². The van der Waals surface area contributed by atoms with E-state index in [9.17, 15) is 9.59 Å². The molecule has 1 aromatic rings. The minimum Gasteiger partial charge on any atom is -0.338 e. The highest BCUT2D eigenvalue weighted by atomic mass is 16.2. The van der Waals surface area contributed by atoms with E-state index in [4.69, 9.17) is 0 Å². The molecule has 2 amide bonds. The molecule has 1 aromatic carbocycles. The van der Waals surface area contributed by atoms with Crippen LogP contribution < -0.4 is 0 Å². The summed E-state index contributed by atoms with van der Waals surface area (Å²) in [6.07, 6.45) is 4.34. The maximum atomic E-state index is 12.7. The molecule has 2 rings (SSSR count). The summed E-state index contributed by atoms with van der Waals surface area (Å²) in [5.41, 5.74) is 2.25. The Morgan fingerprint density at radius 1 is 1.22 bits per heavy atom. The zero-order valence-electron chi connectivity index (χ0n) is 14.5. The van der Waals surface area contributed by atoms with E-state index in [1.54, 1.807) is 4.90 Å². The lowest BCUT2D eigenvalue weighted by molar-refractivity contribution is -0.142. The summed E-state index contributed by atoms with van der Waals surface area (Å²) in [5.74, 6) is 0.0304. The van der Waals surface area contributed by atoms with Crippen molar-refractivity contribution in [3.63, 3.8) is 0 Å². The van der Waals surface area contributed by atoms with Crippen LogP contribution >= 0.6 is 0 Å². The van der Waals surface area contributed by atoms with Gasteiger partial charge in [-0.15, -0.1) is 0 Å². The second kappa shape index (κ2) is 8.14. The molecule has 4 heteroatoms. The van der Waals surface area contributed by atoms with Crippen LogP contribution in [-0.2, 0) is 16.1 Å². The lowest BCUT2D eigenvalue weighted by atomic mass is 10.00. The largest absolute Gasteiger partial charge is 0.338 e. The third kappa shape index (κ3) is 4.81. The monoisotopic (exact) mass is 316 g/mol. The summed E-state index contributed by atoms with van der Waals surface area (Å²) in [6, 6.07) is 8.45. The van der Waals surface area contributed by atoms with Crippen molar-refractivity contribution in [3.8, 4) is 0 Å². The molecule has 1 fully saturated rings. The summed E-state index contributed by atoms with van der Waals surface area (Å²) in [6.45, 7) is 7.21. The predicted octanol–water partition coefficient (Wildman–Crippen LogP) is 3.13. The average molecular weight is 316 g/mol. The predicted molar refractivity (Wildman–Crippen MR) is 91.9 cm³/mol. The van der Waals surface area contributed by atoms with Gasteiger partial charge < -0.3 is 9.80 Å². The molecule has 0 radical (unpaired) electrons. The minimum absolute atomic E-state index is 0.0519. The summed E-state index contributed by atoms with van der Waals surface area (Å²) in [5, 5.41) is 0. The lowest BCUT2D eigenvalue weighted by Crippen LogP contribution is -2.48. The number of amides is 2. The summed E-state index contributed by atoms with van der Waals surface area (Å²) < 4.78 is 0. The molecular weight excluding hydrogens is 288 g/mol. The van der Waals surface area contributed by atoms with Gasteiger partial charge in [-0.2, -0.15) is 0 Å². The molecule has 0 bridgehead atoms. The molecule has 23 heavy (non-hydrogen) atoms. The van der Waals surface area contributed by atoms with E-state index in [0.717, 1.165) is 31.4 Å². The summed E-state index contributed by atoms with van der Waals surface area (Å²) >= 11 is 0. The van der Waals surface area contributed by atoms with Crippen LogP contribution in [0.3, 0.4) is 0 Å². The van der Waals surface area contributed by atoms with Crippen LogP contribution in [0.1, 0.15) is 50.7 Å². The number of carbonyl (C=O) groups is 2. The van der Waals surface area contributed by atoms with Crippen molar-refractivity contribution in [3.05, 3.63) is 35.4 Å². The molecule has 0 aromatic heterocycles. The van der Waals surface area contributed by atoms with Crippen molar-refractivity contribution in [1.82, 2.24) is 9.80 Å². The van der Waals surface area contributed by atoms with Gasteiger partial charge in [-0.3, -0.25) is 9.59 Å². The van der Waals surface area contributed by atoms with Crippen molar-refractivity contribution in [1.29, 1.82) is 0 Å². The summed E-state index contributed by atoms with van der Waals surface area (Å²) in [4.78, 5) is 28.2. The number of hydrogen-bond acceptors (Lipinski definition) is 2. The zero-order valence-corrected chi connectivity index (χ0v) is 14.5. The average Bonchev–Trinajstić information content (AvgIpc) is 2.55. The molecule has 0 spiro atoms. The van der Waals surface area contributed by atoms with Gasteiger partial charge >= 0.3 is 0 Å². The normalized spacial score (nSPS) is 17.9. The smallest absolute Gasteiger partial charge is 0.242 e. The van der Waals surface area contributed by atoms with Crippen LogP contribution in [0.4, 0.5) is 0 Å². The molecule has 0 N–H and O–H groups in total. The van der Waals surface area contributed by atoms with E-state index in [0.29, 0.717) is 12.6 Å². The topological polar surface area (TPSA) is 40.6 Å². The molecule has 0 saturated carbocycles. The van der Waals surface area contributed by atoms with Gasteiger partial charge in [0.15, 0.2) is 0 Å². The van der Waals surface area contributed by atoms with E-state index in [1.807, 2.05) is 36.1 Å². The number of likely N-dealkylation sites (tertiary alicyclic amines) is 1. The maximum Gasteiger partial charge on any atom is 0.242 e. The molecule has 1 atom stereocenters. The standard InChI is InChI=1S/C19H28N2O2/c1-4-18-7-5-6-12-21(18)19(23)14-20(16(3)22)13-17-10-8-15(2)9-11-17/h8-11,18H,4-7,12-14H2,1-3H3. The van der Waals surface area contributed by atoms with E-state index >= 15 is 0 Å². The van der Waals surface area contributed by atoms with E-state index in [-0.39, 0.29) is 18.4 Å². The fraction of sp³-hybridized carbons (Fsp3) is 0.579.